The van der Waals surface area contributed by atoms with Crippen LogP contribution in [0.25, 0.3) is 0 Å². The van der Waals surface area contributed by atoms with Crippen LogP contribution in [0.15, 0.2) is 0 Å². The summed E-state index contributed by atoms with van der Waals surface area (Å²) in [5.74, 6) is 4.26. The first-order valence-electron chi connectivity index (χ1n) is 4.06. The second-order valence-electron chi connectivity index (χ2n) is 2.63. The fourth-order valence-corrected chi connectivity index (χ4v) is 0.967. The third kappa shape index (κ3) is 5.06. The zero-order valence-corrected chi connectivity index (χ0v) is 7.34. The smallest absolute Gasteiger partial charge is 0.320 e. The minimum atomic E-state index is -0.793. The Balaban J connectivity index is 3.38. The van der Waals surface area contributed by atoms with Crippen LogP contribution >= 0.6 is 0 Å². The summed E-state index contributed by atoms with van der Waals surface area (Å²) in [7, 11) is 1.65. The fraction of sp³-hybridized carbons (Fsp3) is 0.857. The van der Waals surface area contributed by atoms with Gasteiger partial charge >= 0.3 is 5.97 Å². The van der Waals surface area contributed by atoms with E-state index in [0.717, 1.165) is 19.4 Å². The number of hydrazine groups is 1. The molecule has 0 aromatic heterocycles. The standard InChI is InChI=1S/C7H17N3O2/c1-9-6(7(11)12)4-2-3-5-10-8/h6,9-10H,2-5,8H2,1H3,(H,11,12). The minimum absolute atomic E-state index is 0.428. The second-order valence-corrected chi connectivity index (χ2v) is 2.63. The lowest BCUT2D eigenvalue weighted by Gasteiger charge is -2.09. The van der Waals surface area contributed by atoms with Gasteiger partial charge in [-0.25, -0.2) is 0 Å². The fourth-order valence-electron chi connectivity index (χ4n) is 0.967. The number of hydrogen-bond acceptors (Lipinski definition) is 4. The van der Waals surface area contributed by atoms with E-state index in [0.29, 0.717) is 6.42 Å². The lowest BCUT2D eigenvalue weighted by molar-refractivity contribution is -0.139. The second kappa shape index (κ2) is 7.02. The molecule has 0 aromatic carbocycles. The topological polar surface area (TPSA) is 87.4 Å². The molecule has 0 amide bonds. The van der Waals surface area contributed by atoms with E-state index >= 15 is 0 Å². The van der Waals surface area contributed by atoms with Gasteiger partial charge in [-0.05, 0) is 26.3 Å². The molecule has 5 nitrogen and oxygen atoms in total. The maximum absolute atomic E-state index is 10.5. The first kappa shape index (κ1) is 11.4. The maximum atomic E-state index is 10.5. The van der Waals surface area contributed by atoms with Crippen LogP contribution in [-0.4, -0.2) is 30.7 Å². The van der Waals surface area contributed by atoms with Crippen LogP contribution in [0.5, 0.6) is 0 Å². The summed E-state index contributed by atoms with van der Waals surface area (Å²) in [5.41, 5.74) is 2.52. The quantitative estimate of drug-likeness (QED) is 0.233. The maximum Gasteiger partial charge on any atom is 0.320 e. The van der Waals surface area contributed by atoms with Gasteiger partial charge < -0.3 is 10.4 Å². The summed E-state index contributed by atoms with van der Waals surface area (Å²) in [6.07, 6.45) is 2.41. The zero-order valence-electron chi connectivity index (χ0n) is 7.34. The highest BCUT2D eigenvalue weighted by Crippen LogP contribution is 1.99. The number of nitrogens with one attached hydrogen (secondary N) is 2. The number of nitrogens with two attached hydrogens (primary N) is 1. The highest BCUT2D eigenvalue weighted by molar-refractivity contribution is 5.73. The average Bonchev–Trinajstić information content (AvgIpc) is 2.04. The van der Waals surface area contributed by atoms with E-state index in [-0.39, 0.29) is 0 Å². The van der Waals surface area contributed by atoms with E-state index in [9.17, 15) is 4.79 Å². The van der Waals surface area contributed by atoms with Crippen LogP contribution in [0, 0.1) is 0 Å². The van der Waals surface area contributed by atoms with E-state index in [4.69, 9.17) is 10.9 Å². The molecule has 5 N–H and O–H groups in total. The molecule has 72 valence electrons. The molecule has 0 saturated heterocycles. The lowest BCUT2D eigenvalue weighted by Crippen LogP contribution is -2.33. The van der Waals surface area contributed by atoms with E-state index in [2.05, 4.69) is 10.7 Å². The van der Waals surface area contributed by atoms with Crippen LogP contribution in [-0.2, 0) is 4.79 Å². The Kier molecular flexibility index (Phi) is 6.64. The molecule has 0 aromatic rings. The number of carbonyl (C=O) groups is 1. The van der Waals surface area contributed by atoms with Crippen LogP contribution in [0.1, 0.15) is 19.3 Å². The van der Waals surface area contributed by atoms with E-state index in [1.807, 2.05) is 0 Å². The summed E-state index contributed by atoms with van der Waals surface area (Å²) >= 11 is 0. The van der Waals surface area contributed by atoms with Gasteiger partial charge in [-0.15, -0.1) is 0 Å². The van der Waals surface area contributed by atoms with Crippen molar-refractivity contribution in [1.82, 2.24) is 10.7 Å². The predicted molar refractivity (Wildman–Crippen MR) is 46.5 cm³/mol. The van der Waals surface area contributed by atoms with Gasteiger partial charge in [0.05, 0.1) is 0 Å². The molecule has 0 bridgehead atoms. The number of rotatable bonds is 7. The molecule has 0 heterocycles. The Hall–Kier alpha value is -0.650. The number of unbranched alkanes of at least 4 members (excludes halogenated alkanes) is 1. The van der Waals surface area contributed by atoms with Crippen LogP contribution in [0.4, 0.5) is 0 Å². The van der Waals surface area contributed by atoms with Gasteiger partial charge in [0.2, 0.25) is 0 Å². The largest absolute Gasteiger partial charge is 0.480 e. The first-order chi connectivity index (χ1) is 5.72. The number of hydrogen-bond donors (Lipinski definition) is 4. The SMILES string of the molecule is CNC(CCCCNN)C(=O)O. The summed E-state index contributed by atoms with van der Waals surface area (Å²) in [6, 6.07) is -0.428. The molecular weight excluding hydrogens is 158 g/mol. The summed E-state index contributed by atoms with van der Waals surface area (Å²) in [6.45, 7) is 0.732. The van der Waals surface area contributed by atoms with Crippen molar-refractivity contribution < 1.29 is 9.90 Å². The van der Waals surface area contributed by atoms with Gasteiger partial charge in [-0.3, -0.25) is 16.1 Å². The van der Waals surface area contributed by atoms with Crippen molar-refractivity contribution in [3.05, 3.63) is 0 Å². The Bertz CT molecular complexity index is 130. The van der Waals surface area contributed by atoms with Crippen molar-refractivity contribution in [1.29, 1.82) is 0 Å². The van der Waals surface area contributed by atoms with Gasteiger partial charge in [0.25, 0.3) is 0 Å². The molecule has 0 spiro atoms. The third-order valence-corrected chi connectivity index (χ3v) is 1.71. The summed E-state index contributed by atoms with van der Waals surface area (Å²) in [5, 5.41) is 11.4. The molecule has 0 rings (SSSR count). The molecule has 12 heavy (non-hydrogen) atoms. The van der Waals surface area contributed by atoms with Crippen molar-refractivity contribution in [3.8, 4) is 0 Å². The molecule has 5 heteroatoms. The number of aliphatic carboxylic acids is 1. The summed E-state index contributed by atoms with van der Waals surface area (Å²) < 4.78 is 0. The van der Waals surface area contributed by atoms with Crippen LogP contribution in [0.3, 0.4) is 0 Å². The van der Waals surface area contributed by atoms with Crippen molar-refractivity contribution in [2.24, 2.45) is 5.84 Å². The van der Waals surface area contributed by atoms with Crippen LogP contribution < -0.4 is 16.6 Å². The Morgan fingerprint density at radius 2 is 2.25 bits per heavy atom. The molecular formula is C7H17N3O2. The molecule has 0 aliphatic rings. The average molecular weight is 175 g/mol. The Morgan fingerprint density at radius 1 is 1.58 bits per heavy atom. The molecule has 0 aliphatic carbocycles. The van der Waals surface area contributed by atoms with Gasteiger partial charge in [-0.1, -0.05) is 0 Å². The van der Waals surface area contributed by atoms with Gasteiger partial charge in [0.1, 0.15) is 6.04 Å². The number of carboxylic acids is 1. The highest BCUT2D eigenvalue weighted by atomic mass is 16.4. The van der Waals surface area contributed by atoms with E-state index < -0.39 is 12.0 Å². The summed E-state index contributed by atoms with van der Waals surface area (Å²) in [4.78, 5) is 10.5. The van der Waals surface area contributed by atoms with Crippen molar-refractivity contribution >= 4 is 5.97 Å². The normalized spacial score (nSPS) is 12.8. The molecule has 1 unspecified atom stereocenters. The molecule has 0 radical (unpaired) electrons. The molecule has 0 fully saturated rings. The minimum Gasteiger partial charge on any atom is -0.480 e. The van der Waals surface area contributed by atoms with Crippen molar-refractivity contribution in [3.63, 3.8) is 0 Å². The Labute approximate surface area is 72.3 Å². The monoisotopic (exact) mass is 175 g/mol. The lowest BCUT2D eigenvalue weighted by atomic mass is 10.1. The van der Waals surface area contributed by atoms with Gasteiger partial charge in [0, 0.05) is 6.54 Å². The van der Waals surface area contributed by atoms with Crippen molar-refractivity contribution in [2.45, 2.75) is 25.3 Å². The van der Waals surface area contributed by atoms with Crippen LogP contribution in [0.2, 0.25) is 0 Å². The molecule has 1 atom stereocenters. The number of likely N-dealkylation sites (N-methyl/N-ethyl adjacent to an activating group) is 1. The van der Waals surface area contributed by atoms with Crippen molar-refractivity contribution in [2.75, 3.05) is 13.6 Å². The molecule has 0 aliphatic heterocycles. The van der Waals surface area contributed by atoms with Gasteiger partial charge in [-0.2, -0.15) is 0 Å². The number of carboxylic acid groups (broad SMARTS) is 1. The zero-order chi connectivity index (χ0) is 9.40. The predicted octanol–water partition coefficient (Wildman–Crippen LogP) is -0.707. The van der Waals surface area contributed by atoms with E-state index in [1.54, 1.807) is 7.05 Å². The highest BCUT2D eigenvalue weighted by Gasteiger charge is 2.12. The first-order valence-corrected chi connectivity index (χ1v) is 4.06. The molecule has 0 saturated carbocycles. The third-order valence-electron chi connectivity index (χ3n) is 1.71. The van der Waals surface area contributed by atoms with E-state index in [1.165, 1.54) is 0 Å². The Morgan fingerprint density at radius 3 is 2.67 bits per heavy atom. The van der Waals surface area contributed by atoms with Gasteiger partial charge in [0.15, 0.2) is 0 Å².